The summed E-state index contributed by atoms with van der Waals surface area (Å²) < 4.78 is 10.6. The van der Waals surface area contributed by atoms with Gasteiger partial charge < -0.3 is 24.8 Å². The van der Waals surface area contributed by atoms with Crippen molar-refractivity contribution in [3.63, 3.8) is 0 Å². The maximum Gasteiger partial charge on any atom is 0.303 e. The molecule has 0 radical (unpaired) electrons. The lowest BCUT2D eigenvalue weighted by molar-refractivity contribution is -0.137. The van der Waals surface area contributed by atoms with Crippen LogP contribution >= 0.6 is 0 Å². The van der Waals surface area contributed by atoms with Gasteiger partial charge in [0, 0.05) is 38.4 Å². The number of carbonyl (C=O) groups is 3. The van der Waals surface area contributed by atoms with Gasteiger partial charge in [-0.15, -0.1) is 0 Å². The Morgan fingerprint density at radius 2 is 1.96 bits per heavy atom. The number of nitrogens with one attached hydrogen (secondary N) is 1. The summed E-state index contributed by atoms with van der Waals surface area (Å²) in [5, 5.41) is 11.8. The lowest BCUT2D eigenvalue weighted by Gasteiger charge is -2.29. The van der Waals surface area contributed by atoms with Crippen LogP contribution in [-0.4, -0.2) is 47.2 Å². The van der Waals surface area contributed by atoms with Gasteiger partial charge in [0.1, 0.15) is 0 Å². The average Bonchev–Trinajstić information content (AvgIpc) is 3.24. The molecule has 2 heterocycles. The fraction of sp³-hybridized carbons (Fsp3) is 0.526. The van der Waals surface area contributed by atoms with Crippen LogP contribution < -0.4 is 14.8 Å². The molecule has 0 saturated carbocycles. The minimum atomic E-state index is -0.901. The molecule has 8 heteroatoms. The van der Waals surface area contributed by atoms with Gasteiger partial charge in [-0.25, -0.2) is 0 Å². The number of aliphatic carboxylic acids is 1. The van der Waals surface area contributed by atoms with E-state index in [0.717, 1.165) is 5.56 Å². The van der Waals surface area contributed by atoms with Crippen LogP contribution in [0.3, 0.4) is 0 Å². The van der Waals surface area contributed by atoms with E-state index in [2.05, 4.69) is 5.32 Å². The molecule has 3 rings (SSSR count). The van der Waals surface area contributed by atoms with Gasteiger partial charge >= 0.3 is 5.97 Å². The zero-order valence-electron chi connectivity index (χ0n) is 15.3. The van der Waals surface area contributed by atoms with Crippen LogP contribution in [0, 0.1) is 0 Å². The van der Waals surface area contributed by atoms with E-state index in [1.54, 1.807) is 11.9 Å². The topological polar surface area (TPSA) is 105 Å². The summed E-state index contributed by atoms with van der Waals surface area (Å²) in [7, 11) is 1.73. The van der Waals surface area contributed by atoms with E-state index in [1.165, 1.54) is 0 Å². The number of hydrogen-bond acceptors (Lipinski definition) is 5. The largest absolute Gasteiger partial charge is 0.481 e. The smallest absolute Gasteiger partial charge is 0.303 e. The second-order valence-electron chi connectivity index (χ2n) is 7.16. The molecule has 8 nitrogen and oxygen atoms in total. The molecule has 2 aliphatic heterocycles. The van der Waals surface area contributed by atoms with E-state index in [1.807, 2.05) is 18.2 Å². The Morgan fingerprint density at radius 3 is 2.67 bits per heavy atom. The first kappa shape index (κ1) is 19.0. The summed E-state index contributed by atoms with van der Waals surface area (Å²) in [5.41, 5.74) is 0.343. The highest BCUT2D eigenvalue weighted by molar-refractivity contribution is 5.80. The summed E-state index contributed by atoms with van der Waals surface area (Å²) in [6.45, 7) is 0.641. The molecule has 2 amide bonds. The van der Waals surface area contributed by atoms with E-state index in [4.69, 9.17) is 14.6 Å². The van der Waals surface area contributed by atoms with Crippen LogP contribution in [-0.2, 0) is 20.9 Å². The van der Waals surface area contributed by atoms with Gasteiger partial charge in [-0.2, -0.15) is 0 Å². The van der Waals surface area contributed by atoms with E-state index < -0.39 is 11.5 Å². The highest BCUT2D eigenvalue weighted by Crippen LogP contribution is 2.33. The Kier molecular flexibility index (Phi) is 5.53. The number of carbonyl (C=O) groups excluding carboxylic acids is 2. The lowest BCUT2D eigenvalue weighted by atomic mass is 9.86. The van der Waals surface area contributed by atoms with Gasteiger partial charge in [0.2, 0.25) is 18.6 Å². The lowest BCUT2D eigenvalue weighted by Crippen LogP contribution is -2.43. The van der Waals surface area contributed by atoms with Crippen LogP contribution in [0.4, 0.5) is 0 Å². The van der Waals surface area contributed by atoms with Crippen LogP contribution in [0.25, 0.3) is 0 Å². The number of nitrogens with zero attached hydrogens (tertiary/aromatic N) is 1. The van der Waals surface area contributed by atoms with Gasteiger partial charge in [0.15, 0.2) is 11.5 Å². The zero-order valence-corrected chi connectivity index (χ0v) is 15.3. The second kappa shape index (κ2) is 7.85. The molecule has 2 N–H and O–H groups in total. The summed E-state index contributed by atoms with van der Waals surface area (Å²) >= 11 is 0. The normalized spacial score (nSPS) is 20.4. The number of carboxylic acids is 1. The highest BCUT2D eigenvalue weighted by Gasteiger charge is 2.38. The van der Waals surface area contributed by atoms with Crippen molar-refractivity contribution in [2.24, 2.45) is 0 Å². The van der Waals surface area contributed by atoms with E-state index in [0.29, 0.717) is 43.7 Å². The number of carboxylic acid groups (broad SMARTS) is 1. The molecule has 1 atom stereocenters. The molecule has 0 aromatic heterocycles. The van der Waals surface area contributed by atoms with Crippen molar-refractivity contribution in [1.82, 2.24) is 10.2 Å². The maximum absolute atomic E-state index is 12.5. The Bertz CT molecular complexity index is 750. The Balaban J connectivity index is 1.55. The average molecular weight is 376 g/mol. The molecular weight excluding hydrogens is 352 g/mol. The number of amides is 2. The third kappa shape index (κ3) is 4.69. The van der Waals surface area contributed by atoms with Gasteiger partial charge in [-0.05, 0) is 37.0 Å². The zero-order chi connectivity index (χ0) is 19.4. The van der Waals surface area contributed by atoms with Crippen molar-refractivity contribution in [1.29, 1.82) is 0 Å². The molecule has 27 heavy (non-hydrogen) atoms. The standard InChI is InChI=1S/C19H24N2O6/c1-21(11-13-2-3-14-15(10-13)27-12-26-14)17(23)5-8-19(9-6-18(24)25)7-4-16(22)20-19/h2-3,10H,4-9,11-12H2,1H3,(H,20,22)(H,24,25). The van der Waals surface area contributed by atoms with Crippen LogP contribution in [0.15, 0.2) is 18.2 Å². The molecule has 1 unspecified atom stereocenters. The summed E-state index contributed by atoms with van der Waals surface area (Å²) in [6, 6.07) is 5.57. The second-order valence-corrected chi connectivity index (χ2v) is 7.16. The molecule has 1 aromatic rings. The van der Waals surface area contributed by atoms with Crippen LogP contribution in [0.1, 0.15) is 44.1 Å². The number of hydrogen-bond donors (Lipinski definition) is 2. The fourth-order valence-electron chi connectivity index (χ4n) is 3.56. The Morgan fingerprint density at radius 1 is 1.22 bits per heavy atom. The third-order valence-electron chi connectivity index (χ3n) is 5.15. The van der Waals surface area contributed by atoms with Crippen molar-refractivity contribution in [3.05, 3.63) is 23.8 Å². The SMILES string of the molecule is CN(Cc1ccc2c(c1)OCO2)C(=O)CCC1(CCC(=O)O)CCC(=O)N1. The summed E-state index contributed by atoms with van der Waals surface area (Å²) in [6.07, 6.45) is 1.95. The molecule has 1 fully saturated rings. The minimum Gasteiger partial charge on any atom is -0.481 e. The van der Waals surface area contributed by atoms with Crippen LogP contribution in [0.2, 0.25) is 0 Å². The van der Waals surface area contributed by atoms with E-state index in [-0.39, 0.29) is 31.4 Å². The highest BCUT2D eigenvalue weighted by atomic mass is 16.7. The monoisotopic (exact) mass is 376 g/mol. The first-order valence-electron chi connectivity index (χ1n) is 9.02. The van der Waals surface area contributed by atoms with Gasteiger partial charge in [-0.3, -0.25) is 14.4 Å². The van der Waals surface area contributed by atoms with Crippen molar-refractivity contribution in [2.75, 3.05) is 13.8 Å². The quantitative estimate of drug-likeness (QED) is 0.715. The third-order valence-corrected chi connectivity index (χ3v) is 5.15. The minimum absolute atomic E-state index is 0.0263. The Hall–Kier alpha value is -2.77. The summed E-state index contributed by atoms with van der Waals surface area (Å²) in [4.78, 5) is 36.7. The van der Waals surface area contributed by atoms with Crippen molar-refractivity contribution in [2.45, 2.75) is 50.6 Å². The van der Waals surface area contributed by atoms with E-state index >= 15 is 0 Å². The molecule has 1 aromatic carbocycles. The molecular formula is C19H24N2O6. The molecule has 0 aliphatic carbocycles. The van der Waals surface area contributed by atoms with Crippen molar-refractivity contribution >= 4 is 17.8 Å². The molecule has 1 saturated heterocycles. The number of fused-ring (bicyclic) bond motifs is 1. The number of rotatable bonds is 8. The van der Waals surface area contributed by atoms with Gasteiger partial charge in [-0.1, -0.05) is 6.07 Å². The molecule has 0 bridgehead atoms. The van der Waals surface area contributed by atoms with E-state index in [9.17, 15) is 14.4 Å². The van der Waals surface area contributed by atoms with Crippen molar-refractivity contribution in [3.8, 4) is 11.5 Å². The van der Waals surface area contributed by atoms with Crippen molar-refractivity contribution < 1.29 is 29.0 Å². The van der Waals surface area contributed by atoms with Crippen LogP contribution in [0.5, 0.6) is 11.5 Å². The Labute approximate surface area is 157 Å². The first-order chi connectivity index (χ1) is 12.9. The number of ether oxygens (including phenoxy) is 2. The molecule has 2 aliphatic rings. The fourth-order valence-corrected chi connectivity index (χ4v) is 3.56. The predicted octanol–water partition coefficient (Wildman–Crippen LogP) is 1.67. The summed E-state index contributed by atoms with van der Waals surface area (Å²) in [5.74, 6) is 0.339. The predicted molar refractivity (Wildman–Crippen MR) is 95.3 cm³/mol. The number of benzene rings is 1. The van der Waals surface area contributed by atoms with Gasteiger partial charge in [0.25, 0.3) is 0 Å². The maximum atomic E-state index is 12.5. The van der Waals surface area contributed by atoms with Gasteiger partial charge in [0.05, 0.1) is 0 Å². The first-order valence-corrected chi connectivity index (χ1v) is 9.02. The molecule has 146 valence electrons. The molecule has 0 spiro atoms.